The van der Waals surface area contributed by atoms with Gasteiger partial charge in [0.05, 0.1) is 12.7 Å². The van der Waals surface area contributed by atoms with E-state index in [1.54, 1.807) is 7.11 Å². The molecule has 5 heteroatoms. The summed E-state index contributed by atoms with van der Waals surface area (Å²) in [5, 5.41) is 22.5. The molecule has 1 aromatic rings. The molecule has 2 unspecified atom stereocenters. The van der Waals surface area contributed by atoms with Gasteiger partial charge in [-0.25, -0.2) is 0 Å². The normalized spacial score (nSPS) is 16.1. The van der Waals surface area contributed by atoms with Crippen molar-refractivity contribution in [2.75, 3.05) is 26.9 Å². The molecule has 0 bridgehead atoms. The van der Waals surface area contributed by atoms with Crippen LogP contribution in [0.15, 0.2) is 28.7 Å². The van der Waals surface area contributed by atoms with Crippen LogP contribution in [0.4, 0.5) is 0 Å². The van der Waals surface area contributed by atoms with Crippen LogP contribution in [0.1, 0.15) is 25.0 Å². The minimum absolute atomic E-state index is 0.0846. The van der Waals surface area contributed by atoms with E-state index < -0.39 is 6.10 Å². The lowest BCUT2D eigenvalue weighted by molar-refractivity contribution is 0.0822. The first-order valence-electron chi connectivity index (χ1n) is 6.29. The van der Waals surface area contributed by atoms with Crippen molar-refractivity contribution in [2.24, 2.45) is 0 Å². The van der Waals surface area contributed by atoms with Crippen molar-refractivity contribution in [1.82, 2.24) is 5.32 Å². The van der Waals surface area contributed by atoms with E-state index in [2.05, 4.69) is 21.2 Å². The predicted molar refractivity (Wildman–Crippen MR) is 79.1 cm³/mol. The van der Waals surface area contributed by atoms with Crippen LogP contribution in [0.3, 0.4) is 0 Å². The summed E-state index contributed by atoms with van der Waals surface area (Å²) >= 11 is 3.36. The molecule has 1 aromatic carbocycles. The SMILES string of the molecule is COCC(C)(CCO)NCC(O)c1ccc(Br)cc1. The lowest BCUT2D eigenvalue weighted by atomic mass is 9.98. The molecular formula is C14H22BrNO3. The van der Waals surface area contributed by atoms with Gasteiger partial charge in [0.25, 0.3) is 0 Å². The number of hydrogen-bond acceptors (Lipinski definition) is 4. The van der Waals surface area contributed by atoms with Gasteiger partial charge in [0.1, 0.15) is 0 Å². The number of β-amino-alcohol motifs (C(OH)–C–C–N with tert-alkyl or cyclic N) is 1. The Hall–Kier alpha value is -0.460. The number of methoxy groups -OCH3 is 1. The van der Waals surface area contributed by atoms with E-state index in [4.69, 9.17) is 9.84 Å². The van der Waals surface area contributed by atoms with E-state index in [0.717, 1.165) is 10.0 Å². The Bertz CT molecular complexity index is 363. The topological polar surface area (TPSA) is 61.7 Å². The van der Waals surface area contributed by atoms with Gasteiger partial charge in [-0.1, -0.05) is 28.1 Å². The first-order valence-corrected chi connectivity index (χ1v) is 7.08. The molecule has 0 aliphatic carbocycles. The number of benzene rings is 1. The highest BCUT2D eigenvalue weighted by Crippen LogP contribution is 2.18. The van der Waals surface area contributed by atoms with Crippen molar-refractivity contribution in [3.05, 3.63) is 34.3 Å². The quantitative estimate of drug-likeness (QED) is 0.680. The van der Waals surface area contributed by atoms with Crippen LogP contribution in [0.25, 0.3) is 0 Å². The largest absolute Gasteiger partial charge is 0.396 e. The van der Waals surface area contributed by atoms with E-state index in [-0.39, 0.29) is 12.1 Å². The second-order valence-electron chi connectivity index (χ2n) is 4.92. The van der Waals surface area contributed by atoms with Gasteiger partial charge in [-0.15, -0.1) is 0 Å². The van der Waals surface area contributed by atoms with Crippen molar-refractivity contribution < 1.29 is 14.9 Å². The number of halogens is 1. The van der Waals surface area contributed by atoms with Crippen LogP contribution in [0.5, 0.6) is 0 Å². The molecule has 0 saturated heterocycles. The monoisotopic (exact) mass is 331 g/mol. The smallest absolute Gasteiger partial charge is 0.0914 e. The van der Waals surface area contributed by atoms with Gasteiger partial charge >= 0.3 is 0 Å². The van der Waals surface area contributed by atoms with Gasteiger partial charge in [-0.3, -0.25) is 0 Å². The highest BCUT2D eigenvalue weighted by molar-refractivity contribution is 9.10. The Morgan fingerprint density at radius 2 is 2.00 bits per heavy atom. The Morgan fingerprint density at radius 1 is 1.37 bits per heavy atom. The molecule has 0 fully saturated rings. The minimum atomic E-state index is -0.581. The predicted octanol–water partition coefficient (Wildman–Crippen LogP) is 1.86. The molecule has 0 amide bonds. The summed E-state index contributed by atoms with van der Waals surface area (Å²) in [5.74, 6) is 0. The van der Waals surface area contributed by atoms with Crippen LogP contribution in [-0.4, -0.2) is 42.6 Å². The summed E-state index contributed by atoms with van der Waals surface area (Å²) in [4.78, 5) is 0. The third-order valence-corrected chi connectivity index (χ3v) is 3.63. The van der Waals surface area contributed by atoms with Crippen molar-refractivity contribution in [3.8, 4) is 0 Å². The third kappa shape index (κ3) is 5.58. The maximum absolute atomic E-state index is 10.1. The Labute approximate surface area is 122 Å². The van der Waals surface area contributed by atoms with Crippen molar-refractivity contribution in [2.45, 2.75) is 25.0 Å². The second-order valence-corrected chi connectivity index (χ2v) is 5.83. The van der Waals surface area contributed by atoms with Crippen molar-refractivity contribution in [1.29, 1.82) is 0 Å². The average Bonchev–Trinajstić information content (AvgIpc) is 2.37. The highest BCUT2D eigenvalue weighted by Gasteiger charge is 2.24. The molecule has 1 rings (SSSR count). The van der Waals surface area contributed by atoms with Gasteiger partial charge in [-0.2, -0.15) is 0 Å². The highest BCUT2D eigenvalue weighted by atomic mass is 79.9. The number of aliphatic hydroxyl groups excluding tert-OH is 2. The number of hydrogen-bond donors (Lipinski definition) is 3. The summed E-state index contributed by atoms with van der Waals surface area (Å²) in [6.45, 7) is 2.96. The van der Waals surface area contributed by atoms with Crippen LogP contribution in [0.2, 0.25) is 0 Å². The van der Waals surface area contributed by atoms with E-state index >= 15 is 0 Å². The molecule has 3 N–H and O–H groups in total. The van der Waals surface area contributed by atoms with E-state index in [1.807, 2.05) is 31.2 Å². The van der Waals surface area contributed by atoms with Crippen LogP contribution in [0, 0.1) is 0 Å². The number of aliphatic hydroxyl groups is 2. The zero-order chi connectivity index (χ0) is 14.3. The van der Waals surface area contributed by atoms with Crippen LogP contribution >= 0.6 is 15.9 Å². The number of ether oxygens (including phenoxy) is 1. The summed E-state index contributed by atoms with van der Waals surface area (Å²) in [6, 6.07) is 7.58. The second kappa shape index (κ2) is 7.97. The molecule has 2 atom stereocenters. The molecule has 0 aliphatic rings. The molecule has 19 heavy (non-hydrogen) atoms. The Morgan fingerprint density at radius 3 is 2.53 bits per heavy atom. The molecule has 0 radical (unpaired) electrons. The zero-order valence-corrected chi connectivity index (χ0v) is 13.0. The first-order chi connectivity index (χ1) is 9.00. The van der Waals surface area contributed by atoms with Gasteiger partial charge in [-0.05, 0) is 31.0 Å². The van der Waals surface area contributed by atoms with Gasteiger partial charge in [0, 0.05) is 30.3 Å². The van der Waals surface area contributed by atoms with Crippen molar-refractivity contribution >= 4 is 15.9 Å². The molecule has 0 aliphatic heterocycles. The van der Waals surface area contributed by atoms with Gasteiger partial charge in [0.15, 0.2) is 0 Å². The summed E-state index contributed by atoms with van der Waals surface area (Å²) in [5.41, 5.74) is 0.527. The standard InChI is InChI=1S/C14H22BrNO3/c1-14(7-8-17,10-19-2)16-9-13(18)11-3-5-12(15)6-4-11/h3-6,13,16-18H,7-10H2,1-2H3. The number of rotatable bonds is 8. The molecule has 0 saturated carbocycles. The van der Waals surface area contributed by atoms with Gasteiger partial charge in [0.2, 0.25) is 0 Å². The van der Waals surface area contributed by atoms with Crippen LogP contribution in [-0.2, 0) is 4.74 Å². The van der Waals surface area contributed by atoms with E-state index in [0.29, 0.717) is 19.6 Å². The van der Waals surface area contributed by atoms with Crippen molar-refractivity contribution in [3.63, 3.8) is 0 Å². The van der Waals surface area contributed by atoms with E-state index in [9.17, 15) is 5.11 Å². The Balaban J connectivity index is 2.56. The zero-order valence-electron chi connectivity index (χ0n) is 11.4. The Kier molecular flexibility index (Phi) is 6.96. The molecule has 4 nitrogen and oxygen atoms in total. The molecular weight excluding hydrogens is 310 g/mol. The summed E-state index contributed by atoms with van der Waals surface area (Å²) < 4.78 is 6.14. The van der Waals surface area contributed by atoms with Gasteiger partial charge < -0.3 is 20.3 Å². The lowest BCUT2D eigenvalue weighted by Gasteiger charge is -2.30. The molecule has 0 aromatic heterocycles. The summed E-state index contributed by atoms with van der Waals surface area (Å²) in [7, 11) is 1.63. The molecule has 108 valence electrons. The maximum atomic E-state index is 10.1. The fourth-order valence-corrected chi connectivity index (χ4v) is 2.19. The first kappa shape index (κ1) is 16.6. The molecule has 0 heterocycles. The minimum Gasteiger partial charge on any atom is -0.396 e. The summed E-state index contributed by atoms with van der Waals surface area (Å²) in [6.07, 6.45) is -0.00330. The fourth-order valence-electron chi connectivity index (χ4n) is 1.92. The van der Waals surface area contributed by atoms with E-state index in [1.165, 1.54) is 0 Å². The lowest BCUT2D eigenvalue weighted by Crippen LogP contribution is -2.48. The fraction of sp³-hybridized carbons (Fsp3) is 0.571. The van der Waals surface area contributed by atoms with Crippen LogP contribution < -0.4 is 5.32 Å². The molecule has 0 spiro atoms. The maximum Gasteiger partial charge on any atom is 0.0914 e. The number of nitrogens with one attached hydrogen (secondary N) is 1. The average molecular weight is 332 g/mol. The third-order valence-electron chi connectivity index (χ3n) is 3.10.